The Balaban J connectivity index is 2.70. The van der Waals surface area contributed by atoms with Crippen LogP contribution in [0.1, 0.15) is 134 Å². The minimum absolute atomic E-state index is 0.219. The molecule has 0 unspecified atom stereocenters. The summed E-state index contributed by atoms with van der Waals surface area (Å²) in [4.78, 5) is 0. The summed E-state index contributed by atoms with van der Waals surface area (Å²) in [6, 6.07) is 2.01. The lowest BCUT2D eigenvalue weighted by Gasteiger charge is -2.26. The molecule has 0 fully saturated rings. The number of rotatable bonds is 24. The molecule has 0 aliphatic rings. The van der Waals surface area contributed by atoms with Crippen LogP contribution in [0.3, 0.4) is 0 Å². The fraction of sp³-hybridized carbons (Fsp3) is 0.818. The number of hydrogen-bond donors (Lipinski definition) is 1. The van der Waals surface area contributed by atoms with Gasteiger partial charge < -0.3 is 14.2 Å². The van der Waals surface area contributed by atoms with Crippen LogP contribution in [0.15, 0.2) is 6.07 Å². The van der Waals surface area contributed by atoms with Gasteiger partial charge in [-0.15, -0.1) is 0 Å². The van der Waals surface area contributed by atoms with Crippen molar-refractivity contribution in [2.24, 2.45) is 0 Å². The molecule has 0 saturated carbocycles. The molecule has 1 N–H and O–H groups in total. The van der Waals surface area contributed by atoms with E-state index in [1.165, 1.54) is 77.0 Å². The second kappa shape index (κ2) is 21.5. The summed E-state index contributed by atoms with van der Waals surface area (Å²) in [7, 11) is -3.33. The lowest BCUT2D eigenvalue weighted by molar-refractivity contribution is 0.222. The third-order valence-corrected chi connectivity index (χ3v) is 11.4. The van der Waals surface area contributed by atoms with E-state index in [4.69, 9.17) is 9.05 Å². The third-order valence-electron chi connectivity index (χ3n) is 7.46. The van der Waals surface area contributed by atoms with E-state index in [-0.39, 0.29) is 11.6 Å². The fourth-order valence-electron chi connectivity index (χ4n) is 4.69. The highest BCUT2D eigenvalue weighted by Crippen LogP contribution is 2.53. The minimum atomic E-state index is -3.33. The number of phenols is 1. The zero-order chi connectivity index (χ0) is 29.9. The molecule has 4 nitrogen and oxygen atoms in total. The van der Waals surface area contributed by atoms with Gasteiger partial charge in [0, 0.05) is 11.5 Å². The molecule has 1 aromatic carbocycles. The molecule has 0 aliphatic carbocycles. The summed E-state index contributed by atoms with van der Waals surface area (Å²) in [5, 5.41) is 10.8. The Morgan fingerprint density at radius 2 is 1.18 bits per heavy atom. The van der Waals surface area contributed by atoms with E-state index >= 15 is 0 Å². The average Bonchev–Trinajstić information content (AvgIpc) is 2.90. The molecule has 0 spiro atoms. The summed E-state index contributed by atoms with van der Waals surface area (Å²) in [6.45, 7) is 15.6. The van der Waals surface area contributed by atoms with Gasteiger partial charge in [0.05, 0.1) is 19.4 Å². The summed E-state index contributed by atoms with van der Waals surface area (Å²) in [6.07, 6.45) is 15.9. The van der Waals surface area contributed by atoms with E-state index in [1.807, 2.05) is 43.4 Å². The summed E-state index contributed by atoms with van der Waals surface area (Å²) in [5.74, 6) is 4.25. The Hall–Kier alpha value is -0.130. The first-order chi connectivity index (χ1) is 19.1. The van der Waals surface area contributed by atoms with Crippen LogP contribution in [0.25, 0.3) is 0 Å². The van der Waals surface area contributed by atoms with Crippen molar-refractivity contribution in [1.29, 1.82) is 0 Å². The second-order valence-corrected chi connectivity index (χ2v) is 16.6. The van der Waals surface area contributed by atoms with Crippen molar-refractivity contribution in [2.45, 2.75) is 137 Å². The number of phenolic OH excluding ortho intramolecular Hbond substituents is 1. The van der Waals surface area contributed by atoms with Crippen molar-refractivity contribution in [3.05, 3.63) is 28.3 Å². The van der Waals surface area contributed by atoms with Gasteiger partial charge in [-0.2, -0.15) is 23.5 Å². The molecule has 0 saturated heterocycles. The molecular formula is C33H61O4PS2. The zero-order valence-electron chi connectivity index (χ0n) is 26.9. The Bertz CT molecular complexity index is 826. The van der Waals surface area contributed by atoms with E-state index < -0.39 is 7.60 Å². The lowest BCUT2D eigenvalue weighted by Crippen LogP contribution is -2.14. The largest absolute Gasteiger partial charge is 0.507 e. The normalized spacial score (nSPS) is 12.4. The predicted molar refractivity (Wildman–Crippen MR) is 181 cm³/mol. The van der Waals surface area contributed by atoms with Gasteiger partial charge in [-0.1, -0.05) is 105 Å². The van der Waals surface area contributed by atoms with Crippen molar-refractivity contribution in [3.8, 4) is 5.75 Å². The monoisotopic (exact) mass is 616 g/mol. The van der Waals surface area contributed by atoms with Crippen molar-refractivity contribution in [2.75, 3.05) is 36.2 Å². The lowest BCUT2D eigenvalue weighted by atomic mass is 9.83. The van der Waals surface area contributed by atoms with E-state index in [0.717, 1.165) is 45.3 Å². The molecule has 0 aromatic heterocycles. The Labute approximate surface area is 256 Å². The van der Waals surface area contributed by atoms with Crippen LogP contribution in [-0.2, 0) is 25.2 Å². The topological polar surface area (TPSA) is 55.8 Å². The van der Waals surface area contributed by atoms with Gasteiger partial charge in [0.2, 0.25) is 0 Å². The third kappa shape index (κ3) is 15.9. The molecule has 1 aromatic rings. The van der Waals surface area contributed by atoms with E-state index in [0.29, 0.717) is 19.0 Å². The molecule has 0 amide bonds. The first-order valence-electron chi connectivity index (χ1n) is 15.9. The Morgan fingerprint density at radius 3 is 1.62 bits per heavy atom. The van der Waals surface area contributed by atoms with Crippen LogP contribution in [-0.4, -0.2) is 41.3 Å². The van der Waals surface area contributed by atoms with Gasteiger partial charge in [0.25, 0.3) is 0 Å². The maximum atomic E-state index is 14.0. The summed E-state index contributed by atoms with van der Waals surface area (Å²) < 4.78 is 26.2. The van der Waals surface area contributed by atoms with Crippen LogP contribution in [0.2, 0.25) is 0 Å². The maximum absolute atomic E-state index is 14.0. The van der Waals surface area contributed by atoms with Crippen LogP contribution in [0.5, 0.6) is 5.75 Å². The number of aromatic hydroxyl groups is 1. The SMILES string of the molecule is CCCCCCCCSCCOP(=O)(Cc1cc(C(C)(C)C)c(O)c(C)c1C)OCCSCCCCCCCC. The van der Waals surface area contributed by atoms with Crippen LogP contribution in [0, 0.1) is 13.8 Å². The molecule has 0 heterocycles. The Morgan fingerprint density at radius 1 is 0.725 bits per heavy atom. The average molecular weight is 617 g/mol. The molecule has 7 heteroatoms. The van der Waals surface area contributed by atoms with E-state index in [2.05, 4.69) is 34.6 Å². The molecule has 0 radical (unpaired) electrons. The summed E-state index contributed by atoms with van der Waals surface area (Å²) >= 11 is 3.77. The quantitative estimate of drug-likeness (QED) is 0.0921. The number of benzene rings is 1. The molecule has 1 rings (SSSR count). The number of thioether (sulfide) groups is 2. The van der Waals surface area contributed by atoms with Gasteiger partial charge in [0.15, 0.2) is 0 Å². The first kappa shape index (κ1) is 37.9. The molecule has 0 atom stereocenters. The molecule has 0 aliphatic heterocycles. The van der Waals surface area contributed by atoms with E-state index in [9.17, 15) is 9.67 Å². The molecule has 234 valence electrons. The first-order valence-corrected chi connectivity index (χ1v) is 20.0. The Kier molecular flexibility index (Phi) is 20.4. The molecule has 0 bridgehead atoms. The van der Waals surface area contributed by atoms with Crippen molar-refractivity contribution in [1.82, 2.24) is 0 Å². The number of unbranched alkanes of at least 4 members (excludes halogenated alkanes) is 10. The zero-order valence-corrected chi connectivity index (χ0v) is 29.5. The summed E-state index contributed by atoms with van der Waals surface area (Å²) in [5.41, 5.74) is 3.42. The molecular weight excluding hydrogens is 555 g/mol. The fourth-order valence-corrected chi connectivity index (χ4v) is 8.30. The van der Waals surface area contributed by atoms with E-state index in [1.54, 1.807) is 0 Å². The second-order valence-electron chi connectivity index (χ2n) is 12.1. The van der Waals surface area contributed by atoms with Crippen LogP contribution in [0.4, 0.5) is 0 Å². The minimum Gasteiger partial charge on any atom is -0.507 e. The predicted octanol–water partition coefficient (Wildman–Crippen LogP) is 11.2. The molecule has 40 heavy (non-hydrogen) atoms. The van der Waals surface area contributed by atoms with Crippen molar-refractivity contribution in [3.63, 3.8) is 0 Å². The highest BCUT2D eigenvalue weighted by atomic mass is 32.2. The van der Waals surface area contributed by atoms with Crippen molar-refractivity contribution < 1.29 is 18.7 Å². The highest BCUT2D eigenvalue weighted by Gasteiger charge is 2.29. The highest BCUT2D eigenvalue weighted by molar-refractivity contribution is 7.99. The standard InChI is InChI=1S/C33H61O4PS2/c1-8-10-12-14-16-18-22-39-24-20-36-38(35,37-21-25-40-23-19-17-15-13-11-9-2)27-30-26-31(33(5,6)7)32(34)29(4)28(30)3/h26,34H,8-25,27H2,1-7H3. The van der Waals surface area contributed by atoms with Gasteiger partial charge in [-0.25, -0.2) is 0 Å². The van der Waals surface area contributed by atoms with Crippen LogP contribution >= 0.6 is 31.1 Å². The van der Waals surface area contributed by atoms with Gasteiger partial charge in [0.1, 0.15) is 5.75 Å². The van der Waals surface area contributed by atoms with Gasteiger partial charge >= 0.3 is 7.60 Å². The van der Waals surface area contributed by atoms with Gasteiger partial charge in [-0.05, 0) is 65.9 Å². The van der Waals surface area contributed by atoms with Crippen LogP contribution < -0.4 is 0 Å². The number of hydrogen-bond acceptors (Lipinski definition) is 6. The van der Waals surface area contributed by atoms with Gasteiger partial charge in [-0.3, -0.25) is 4.57 Å². The van der Waals surface area contributed by atoms with Crippen molar-refractivity contribution >= 4 is 31.1 Å². The smallest absolute Gasteiger partial charge is 0.335 e. The maximum Gasteiger partial charge on any atom is 0.335 e.